The van der Waals surface area contributed by atoms with Gasteiger partial charge in [-0.1, -0.05) is 262 Å². The minimum absolute atomic E-state index is 0.111. The van der Waals surface area contributed by atoms with Gasteiger partial charge in [-0.25, -0.2) is 0 Å². The highest BCUT2D eigenvalue weighted by atomic mass is 15.2. The number of anilines is 6. The average molecular weight is 1130 g/mol. The van der Waals surface area contributed by atoms with Crippen LogP contribution in [0.3, 0.4) is 0 Å². The molecule has 2 nitrogen and oxygen atoms in total. The zero-order valence-corrected chi connectivity index (χ0v) is 54.0. The van der Waals surface area contributed by atoms with Crippen molar-refractivity contribution in [2.24, 2.45) is 0 Å². The van der Waals surface area contributed by atoms with Gasteiger partial charge in [0.1, 0.15) is 0 Å². The van der Waals surface area contributed by atoms with Crippen LogP contribution in [0.4, 0.5) is 34.1 Å². The summed E-state index contributed by atoms with van der Waals surface area (Å²) in [4.78, 5) is 5.45. The van der Waals surface area contributed by atoms with E-state index in [1.165, 1.54) is 151 Å². The summed E-state index contributed by atoms with van der Waals surface area (Å²) >= 11 is 0. The molecule has 2 heterocycles. The third-order valence-electron chi connectivity index (χ3n) is 23.5. The molecule has 0 aromatic heterocycles. The Labute approximate surface area is 518 Å². The fraction of sp³-hybridized carbons (Fsp3) is 0.286. The molecule has 0 amide bonds. The van der Waals surface area contributed by atoms with Crippen molar-refractivity contribution in [3.8, 4) is 11.1 Å². The van der Waals surface area contributed by atoms with Crippen LogP contribution in [0.1, 0.15) is 200 Å². The normalized spacial score (nSPS) is 19.2. The lowest BCUT2D eigenvalue weighted by Crippen LogP contribution is -2.62. The summed E-state index contributed by atoms with van der Waals surface area (Å²) < 4.78 is 0. The van der Waals surface area contributed by atoms with Crippen molar-refractivity contribution in [2.75, 3.05) is 9.80 Å². The van der Waals surface area contributed by atoms with Gasteiger partial charge in [0, 0.05) is 77.4 Å². The van der Waals surface area contributed by atoms with Gasteiger partial charge < -0.3 is 9.80 Å². The second kappa shape index (κ2) is 17.3. The average Bonchev–Trinajstić information content (AvgIpc) is 0.697. The van der Waals surface area contributed by atoms with Gasteiger partial charge in [-0.2, -0.15) is 0 Å². The molecule has 0 unspecified atom stereocenters. The number of rotatable bonds is 3. The molecule has 87 heavy (non-hydrogen) atoms. The van der Waals surface area contributed by atoms with Gasteiger partial charge in [-0.3, -0.25) is 0 Å². The molecule has 2 aliphatic heterocycles. The Balaban J connectivity index is 1.06. The maximum absolute atomic E-state index is 2.73. The molecule has 3 heteroatoms. The minimum atomic E-state index is -0.274. The predicted molar refractivity (Wildman–Crippen MR) is 369 cm³/mol. The van der Waals surface area contributed by atoms with Gasteiger partial charge in [0.05, 0.1) is 0 Å². The Kier molecular flexibility index (Phi) is 10.8. The zero-order chi connectivity index (χ0) is 60.7. The molecular formula is C84H81BN2. The molecule has 0 radical (unpaired) electrons. The quantitative estimate of drug-likeness (QED) is 0.163. The first-order chi connectivity index (χ1) is 41.2. The summed E-state index contributed by atoms with van der Waals surface area (Å²) in [7, 11) is 0. The monoisotopic (exact) mass is 1130 g/mol. The lowest BCUT2D eigenvalue weighted by molar-refractivity contribution is 0.520. The Morgan fingerprint density at radius 3 is 0.782 bits per heavy atom. The van der Waals surface area contributed by atoms with Crippen LogP contribution >= 0.6 is 0 Å². The number of fused-ring (bicyclic) bond motifs is 12. The third-order valence-corrected chi connectivity index (χ3v) is 23.5. The van der Waals surface area contributed by atoms with E-state index in [2.05, 4.69) is 321 Å². The first-order valence-electron chi connectivity index (χ1n) is 32.1. The Hall–Kier alpha value is -8.14. The smallest absolute Gasteiger partial charge is 0.252 e. The van der Waals surface area contributed by atoms with Gasteiger partial charge in [-0.05, 0) is 165 Å². The predicted octanol–water partition coefficient (Wildman–Crippen LogP) is 19.3. The molecule has 0 atom stereocenters. The summed E-state index contributed by atoms with van der Waals surface area (Å²) in [5, 5.41) is 0. The summed E-state index contributed by atoms with van der Waals surface area (Å²) in [5.74, 6) is 0. The van der Waals surface area contributed by atoms with Crippen LogP contribution in [-0.4, -0.2) is 6.71 Å². The molecule has 10 aromatic rings. The van der Waals surface area contributed by atoms with Gasteiger partial charge in [-0.15, -0.1) is 0 Å². The lowest BCUT2D eigenvalue weighted by Gasteiger charge is -2.50. The zero-order valence-electron chi connectivity index (χ0n) is 54.0. The number of hydrogen-bond donors (Lipinski definition) is 0. The van der Waals surface area contributed by atoms with Crippen LogP contribution in [-0.2, 0) is 43.3 Å². The van der Waals surface area contributed by atoms with E-state index in [9.17, 15) is 0 Å². The minimum Gasteiger partial charge on any atom is -0.311 e. The van der Waals surface area contributed by atoms with E-state index in [1.807, 2.05) is 0 Å². The topological polar surface area (TPSA) is 6.48 Å². The fourth-order valence-corrected chi connectivity index (χ4v) is 18.4. The SMILES string of the molecule is CC1(C)c2ccccc2C(C)(C)c2cc(N3c4cc5c(cc4B4c6cc7c(cc6N(c6ccc8c(c6)C(C)(C)c6ccccc6C8(C)C)c6cc(-c8ccccc8)cc3c64)C(C)(C)c3ccccc3C7(C)C)C(C)(C)c3ccccc3C5(C)C)ccc21. The van der Waals surface area contributed by atoms with Gasteiger partial charge in [0.25, 0.3) is 6.71 Å². The van der Waals surface area contributed by atoms with Crippen molar-refractivity contribution in [3.05, 3.63) is 289 Å². The number of hydrogen-bond acceptors (Lipinski definition) is 2. The van der Waals surface area contributed by atoms with E-state index in [4.69, 9.17) is 0 Å². The first-order valence-corrected chi connectivity index (χ1v) is 32.1. The highest BCUT2D eigenvalue weighted by Crippen LogP contribution is 2.59. The van der Waals surface area contributed by atoms with Crippen LogP contribution < -0.4 is 26.2 Å². The van der Waals surface area contributed by atoms with E-state index in [0.717, 1.165) is 0 Å². The standard InChI is InChI=1S/C84H81BN2/c1-77(2)54-30-20-22-32-56(54)79(5,6)64-44-52(38-40-62(64)77)86-72-48-68-66(81(9,10)58-34-24-26-36-60(58)83(68,13)14)46-70(72)85-71-47-67-69(84(15,16)61-37-27-25-35-59(61)82(67,11)12)49-73(71)87(75-43-51(42-74(86)76(75)85)50-28-18-17-19-29-50)53-39-41-63-65(45-53)80(7,8)57-33-23-21-31-55(57)78(63,3)4/h17-49H,1-16H3. The Morgan fingerprint density at radius 2 is 0.471 bits per heavy atom. The highest BCUT2D eigenvalue weighted by Gasteiger charge is 2.52. The molecule has 0 fully saturated rings. The van der Waals surface area contributed by atoms with Gasteiger partial charge >= 0.3 is 0 Å². The first kappa shape index (κ1) is 54.3. The molecule has 16 rings (SSSR count). The molecule has 6 aliphatic rings. The van der Waals surface area contributed by atoms with E-state index >= 15 is 0 Å². The van der Waals surface area contributed by atoms with E-state index in [1.54, 1.807) is 0 Å². The Morgan fingerprint density at radius 1 is 0.218 bits per heavy atom. The molecule has 0 N–H and O–H groups in total. The molecule has 0 spiro atoms. The maximum atomic E-state index is 2.73. The largest absolute Gasteiger partial charge is 0.311 e. The van der Waals surface area contributed by atoms with Crippen molar-refractivity contribution in [1.29, 1.82) is 0 Å². The fourth-order valence-electron chi connectivity index (χ4n) is 18.4. The summed E-state index contributed by atoms with van der Waals surface area (Å²) in [5.41, 5.74) is 34.4. The molecule has 0 saturated carbocycles. The lowest BCUT2D eigenvalue weighted by atomic mass is 9.32. The molecule has 0 saturated heterocycles. The van der Waals surface area contributed by atoms with Crippen LogP contribution in [0.25, 0.3) is 11.1 Å². The van der Waals surface area contributed by atoms with Gasteiger partial charge in [0.15, 0.2) is 0 Å². The van der Waals surface area contributed by atoms with Crippen LogP contribution in [0.15, 0.2) is 200 Å². The van der Waals surface area contributed by atoms with E-state index < -0.39 is 0 Å². The Bertz CT molecular complexity index is 4380. The molecule has 10 aromatic carbocycles. The third kappa shape index (κ3) is 6.95. The molecule has 430 valence electrons. The van der Waals surface area contributed by atoms with E-state index in [0.29, 0.717) is 0 Å². The van der Waals surface area contributed by atoms with Crippen molar-refractivity contribution in [1.82, 2.24) is 0 Å². The van der Waals surface area contributed by atoms with Crippen molar-refractivity contribution >= 4 is 57.2 Å². The summed E-state index contributed by atoms with van der Waals surface area (Å²) in [6.07, 6.45) is 0. The van der Waals surface area contributed by atoms with Crippen molar-refractivity contribution in [3.63, 3.8) is 0 Å². The number of nitrogens with zero attached hydrogens (tertiary/aromatic N) is 2. The second-order valence-electron chi connectivity index (χ2n) is 31.0. The van der Waals surface area contributed by atoms with Crippen LogP contribution in [0.2, 0.25) is 0 Å². The molecular weight excluding hydrogens is 1050 g/mol. The molecule has 0 bridgehead atoms. The number of benzene rings is 10. The van der Waals surface area contributed by atoms with Crippen molar-refractivity contribution in [2.45, 2.75) is 154 Å². The summed E-state index contributed by atoms with van der Waals surface area (Å²) in [6.45, 7) is 39.3. The van der Waals surface area contributed by atoms with Crippen LogP contribution in [0.5, 0.6) is 0 Å². The second-order valence-corrected chi connectivity index (χ2v) is 31.0. The summed E-state index contributed by atoms with van der Waals surface area (Å²) in [6, 6.07) is 79.3. The van der Waals surface area contributed by atoms with E-state index in [-0.39, 0.29) is 50.0 Å². The molecule has 4 aliphatic carbocycles. The van der Waals surface area contributed by atoms with Crippen molar-refractivity contribution < 1.29 is 0 Å². The van der Waals surface area contributed by atoms with Crippen LogP contribution in [0, 0.1) is 0 Å². The van der Waals surface area contributed by atoms with Gasteiger partial charge in [0.2, 0.25) is 0 Å². The maximum Gasteiger partial charge on any atom is 0.252 e. The highest BCUT2D eigenvalue weighted by molar-refractivity contribution is 7.00.